The van der Waals surface area contributed by atoms with E-state index < -0.39 is 0 Å². The van der Waals surface area contributed by atoms with Gasteiger partial charge in [0.25, 0.3) is 0 Å². The molecule has 0 unspecified atom stereocenters. The largest absolute Gasteiger partial charge is 0.305 e. The minimum Gasteiger partial charge on any atom is -0.305 e. The van der Waals surface area contributed by atoms with E-state index in [2.05, 4.69) is 66.5 Å². The highest BCUT2D eigenvalue weighted by atomic mass is 15.2. The summed E-state index contributed by atoms with van der Waals surface area (Å²) in [6, 6.07) is 14.3. The number of benzene rings is 1. The molecule has 1 saturated heterocycles. The molecule has 0 atom stereocenters. The Morgan fingerprint density at radius 3 is 2.19 bits per heavy atom. The van der Waals surface area contributed by atoms with Gasteiger partial charge in [0, 0.05) is 30.0 Å². The Kier molecular flexibility index (Phi) is 5.89. The summed E-state index contributed by atoms with van der Waals surface area (Å²) in [5.41, 5.74) is 5.08. The van der Waals surface area contributed by atoms with Crippen LogP contribution in [0.5, 0.6) is 0 Å². The normalized spacial score (nSPS) is 19.4. The molecule has 3 nitrogen and oxygen atoms in total. The predicted molar refractivity (Wildman–Crippen MR) is 113 cm³/mol. The van der Waals surface area contributed by atoms with Crippen molar-refractivity contribution < 1.29 is 0 Å². The average Bonchev–Trinajstić information content (AvgIpc) is 2.63. The van der Waals surface area contributed by atoms with E-state index >= 15 is 0 Å². The van der Waals surface area contributed by atoms with E-state index in [0.29, 0.717) is 0 Å². The number of piperidine rings is 1. The first-order valence-electron chi connectivity index (χ1n) is 10.6. The van der Waals surface area contributed by atoms with Crippen LogP contribution in [-0.2, 0) is 13.0 Å². The molecule has 27 heavy (non-hydrogen) atoms. The van der Waals surface area contributed by atoms with Crippen LogP contribution in [0, 0.1) is 5.92 Å². The molecule has 0 bridgehead atoms. The first-order valence-corrected chi connectivity index (χ1v) is 10.6. The van der Waals surface area contributed by atoms with Gasteiger partial charge in [0.15, 0.2) is 0 Å². The maximum atomic E-state index is 4.78. The lowest BCUT2D eigenvalue weighted by molar-refractivity contribution is 0.0845. The standard InChI is InChI=1S/C24H33N3/c1-26(2)18-20-6-8-21(9-7-20)22-10-11-23(25-17-22)16-19-12-14-27(15-13-19)24-4-3-5-24/h6-11,17,19,24H,3-5,12-16,18H2,1-2H3. The molecule has 0 spiro atoms. The Morgan fingerprint density at radius 1 is 0.926 bits per heavy atom. The van der Waals surface area contributed by atoms with Gasteiger partial charge in [-0.25, -0.2) is 0 Å². The van der Waals surface area contributed by atoms with Crippen molar-refractivity contribution in [3.63, 3.8) is 0 Å². The highest BCUT2D eigenvalue weighted by Gasteiger charge is 2.28. The summed E-state index contributed by atoms with van der Waals surface area (Å²) in [4.78, 5) is 9.71. The van der Waals surface area contributed by atoms with Crippen molar-refractivity contribution in [1.82, 2.24) is 14.8 Å². The van der Waals surface area contributed by atoms with Crippen molar-refractivity contribution in [3.05, 3.63) is 53.9 Å². The highest BCUT2D eigenvalue weighted by molar-refractivity contribution is 5.62. The van der Waals surface area contributed by atoms with E-state index in [9.17, 15) is 0 Å². The Morgan fingerprint density at radius 2 is 1.63 bits per heavy atom. The van der Waals surface area contributed by atoms with E-state index in [0.717, 1.165) is 24.9 Å². The van der Waals surface area contributed by atoms with Crippen LogP contribution in [0.15, 0.2) is 42.6 Å². The van der Waals surface area contributed by atoms with E-state index in [4.69, 9.17) is 4.98 Å². The summed E-state index contributed by atoms with van der Waals surface area (Å²) >= 11 is 0. The zero-order chi connectivity index (χ0) is 18.6. The Hall–Kier alpha value is -1.71. The van der Waals surface area contributed by atoms with Gasteiger partial charge in [-0.1, -0.05) is 36.8 Å². The van der Waals surface area contributed by atoms with Crippen LogP contribution >= 0.6 is 0 Å². The van der Waals surface area contributed by atoms with Gasteiger partial charge in [0.2, 0.25) is 0 Å². The minimum absolute atomic E-state index is 0.810. The molecule has 3 heteroatoms. The number of nitrogens with zero attached hydrogens (tertiary/aromatic N) is 3. The fraction of sp³-hybridized carbons (Fsp3) is 0.542. The molecule has 0 radical (unpaired) electrons. The Labute approximate surface area is 164 Å². The summed E-state index contributed by atoms with van der Waals surface area (Å²) in [6.45, 7) is 3.58. The molecule has 1 aliphatic carbocycles. The van der Waals surface area contributed by atoms with Gasteiger partial charge in [-0.2, -0.15) is 0 Å². The average molecular weight is 364 g/mol. The van der Waals surface area contributed by atoms with Gasteiger partial charge in [-0.3, -0.25) is 4.98 Å². The molecule has 1 aliphatic heterocycles. The van der Waals surface area contributed by atoms with E-state index in [1.807, 2.05) is 0 Å². The number of hydrogen-bond acceptors (Lipinski definition) is 3. The molecule has 0 N–H and O–H groups in total. The van der Waals surface area contributed by atoms with Crippen molar-refractivity contribution in [2.24, 2.45) is 5.92 Å². The van der Waals surface area contributed by atoms with E-state index in [1.54, 1.807) is 0 Å². The fourth-order valence-electron chi connectivity index (χ4n) is 4.45. The number of hydrogen-bond donors (Lipinski definition) is 0. The molecule has 2 fully saturated rings. The van der Waals surface area contributed by atoms with Crippen LogP contribution in [0.25, 0.3) is 11.1 Å². The summed E-state index contributed by atoms with van der Waals surface area (Å²) in [5, 5.41) is 0. The van der Waals surface area contributed by atoms with Crippen LogP contribution in [0.1, 0.15) is 43.4 Å². The lowest BCUT2D eigenvalue weighted by Gasteiger charge is -2.41. The first kappa shape index (κ1) is 18.6. The van der Waals surface area contributed by atoms with Crippen molar-refractivity contribution in [2.45, 2.75) is 51.1 Å². The monoisotopic (exact) mass is 363 g/mol. The maximum Gasteiger partial charge on any atom is 0.0406 e. The zero-order valence-corrected chi connectivity index (χ0v) is 16.9. The molecule has 1 saturated carbocycles. The summed E-state index contributed by atoms with van der Waals surface area (Å²) in [7, 11) is 4.21. The third kappa shape index (κ3) is 4.77. The van der Waals surface area contributed by atoms with Gasteiger partial charge in [-0.05, 0) is 82.4 Å². The fourth-order valence-corrected chi connectivity index (χ4v) is 4.45. The summed E-state index contributed by atoms with van der Waals surface area (Å²) < 4.78 is 0. The topological polar surface area (TPSA) is 19.4 Å². The van der Waals surface area contributed by atoms with Crippen LogP contribution in [0.3, 0.4) is 0 Å². The van der Waals surface area contributed by atoms with Crippen LogP contribution in [-0.4, -0.2) is 48.0 Å². The van der Waals surface area contributed by atoms with Crippen LogP contribution in [0.2, 0.25) is 0 Å². The number of likely N-dealkylation sites (tertiary alicyclic amines) is 1. The number of aromatic nitrogens is 1. The zero-order valence-electron chi connectivity index (χ0n) is 16.9. The predicted octanol–water partition coefficient (Wildman–Crippen LogP) is 4.62. The molecular weight excluding hydrogens is 330 g/mol. The van der Waals surface area contributed by atoms with Gasteiger partial charge < -0.3 is 9.80 Å². The molecule has 4 rings (SSSR count). The second-order valence-corrected chi connectivity index (χ2v) is 8.74. The van der Waals surface area contributed by atoms with Crippen LogP contribution in [0.4, 0.5) is 0 Å². The third-order valence-electron chi connectivity index (χ3n) is 6.35. The Balaban J connectivity index is 1.31. The highest BCUT2D eigenvalue weighted by Crippen LogP contribution is 2.30. The van der Waals surface area contributed by atoms with E-state index in [1.165, 1.54) is 67.6 Å². The minimum atomic E-state index is 0.810. The van der Waals surface area contributed by atoms with E-state index in [-0.39, 0.29) is 0 Å². The molecule has 1 aromatic heterocycles. The van der Waals surface area contributed by atoms with Gasteiger partial charge in [0.1, 0.15) is 0 Å². The van der Waals surface area contributed by atoms with Gasteiger partial charge in [-0.15, -0.1) is 0 Å². The quantitative estimate of drug-likeness (QED) is 0.747. The molecule has 2 heterocycles. The number of rotatable bonds is 6. The molecule has 2 aromatic rings. The van der Waals surface area contributed by atoms with Crippen molar-refractivity contribution in [2.75, 3.05) is 27.2 Å². The Bertz CT molecular complexity index is 708. The second kappa shape index (κ2) is 8.53. The first-order chi connectivity index (χ1) is 13.2. The molecule has 0 amide bonds. The van der Waals surface area contributed by atoms with Gasteiger partial charge in [0.05, 0.1) is 0 Å². The van der Waals surface area contributed by atoms with Crippen molar-refractivity contribution >= 4 is 0 Å². The SMILES string of the molecule is CN(C)Cc1ccc(-c2ccc(CC3CCN(C4CCC4)CC3)nc2)cc1. The summed E-state index contributed by atoms with van der Waals surface area (Å²) in [6.07, 6.45) is 10.2. The molecule has 144 valence electrons. The smallest absolute Gasteiger partial charge is 0.0406 e. The van der Waals surface area contributed by atoms with Gasteiger partial charge >= 0.3 is 0 Å². The van der Waals surface area contributed by atoms with Crippen molar-refractivity contribution in [1.29, 1.82) is 0 Å². The molecular formula is C24H33N3. The third-order valence-corrected chi connectivity index (χ3v) is 6.35. The van der Waals surface area contributed by atoms with Crippen LogP contribution < -0.4 is 0 Å². The molecule has 2 aliphatic rings. The maximum absolute atomic E-state index is 4.78. The number of pyridine rings is 1. The second-order valence-electron chi connectivity index (χ2n) is 8.74. The molecule has 1 aromatic carbocycles. The lowest BCUT2D eigenvalue weighted by Crippen LogP contribution is -2.45. The summed E-state index contributed by atoms with van der Waals surface area (Å²) in [5.74, 6) is 0.810. The lowest BCUT2D eigenvalue weighted by atomic mass is 9.86. The van der Waals surface area contributed by atoms with Crippen molar-refractivity contribution in [3.8, 4) is 11.1 Å².